The second-order valence-electron chi connectivity index (χ2n) is 2.65. The summed E-state index contributed by atoms with van der Waals surface area (Å²) in [5.74, 6) is -0.272. The Bertz CT molecular complexity index is 183. The molecule has 1 rings (SSSR count). The maximum atomic E-state index is 11.0. The minimum atomic E-state index is -1.35. The van der Waals surface area contributed by atoms with Gasteiger partial charge in [0.1, 0.15) is 0 Å². The Morgan fingerprint density at radius 1 is 1.64 bits per heavy atom. The number of alkyl halides is 3. The lowest BCUT2D eigenvalue weighted by molar-refractivity contribution is -0.120. The second-order valence-corrected chi connectivity index (χ2v) is 4.34. The molecule has 64 valence electrons. The maximum Gasteiger partial charge on any atom is 0.257 e. The number of rotatable bonds is 1. The summed E-state index contributed by atoms with van der Waals surface area (Å²) >= 11 is 17.1. The van der Waals surface area contributed by atoms with Crippen LogP contribution in [0.4, 0.5) is 0 Å². The minimum Gasteiger partial charge on any atom is -0.351 e. The highest BCUT2D eigenvalue weighted by Crippen LogP contribution is 2.38. The van der Waals surface area contributed by atoms with Gasteiger partial charge < -0.3 is 5.32 Å². The van der Waals surface area contributed by atoms with Crippen molar-refractivity contribution in [3.63, 3.8) is 0 Å². The summed E-state index contributed by atoms with van der Waals surface area (Å²) in [6, 6.07) is -0.0463. The summed E-state index contributed by atoms with van der Waals surface area (Å²) in [7, 11) is 0. The van der Waals surface area contributed by atoms with Crippen molar-refractivity contribution in [3.05, 3.63) is 0 Å². The first kappa shape index (κ1) is 9.43. The molecule has 1 aliphatic heterocycles. The van der Waals surface area contributed by atoms with E-state index >= 15 is 0 Å². The van der Waals surface area contributed by atoms with E-state index < -0.39 is 4.33 Å². The first-order valence-corrected chi connectivity index (χ1v) is 4.54. The van der Waals surface area contributed by atoms with E-state index in [-0.39, 0.29) is 23.7 Å². The highest BCUT2D eigenvalue weighted by molar-refractivity contribution is 6.59. The Labute approximate surface area is 80.2 Å². The van der Waals surface area contributed by atoms with Crippen molar-refractivity contribution in [2.75, 3.05) is 5.88 Å². The highest BCUT2D eigenvalue weighted by Gasteiger charge is 2.50. The number of carbonyl (C=O) groups excluding carboxylic acids is 1. The molecule has 1 aliphatic rings. The van der Waals surface area contributed by atoms with Crippen LogP contribution in [0.25, 0.3) is 0 Å². The van der Waals surface area contributed by atoms with Crippen molar-refractivity contribution in [1.29, 1.82) is 0 Å². The SMILES string of the molecule is C[C@@H]1NC(=O)C(Cl)(Cl)[C@@H]1CCl. The standard InChI is InChI=1S/C6H8Cl3NO/c1-3-4(2-7)6(8,9)5(11)10-3/h3-4H,2H2,1H3,(H,10,11)/t3-,4+/m0/s1. The quantitative estimate of drug-likeness (QED) is 0.662. The highest BCUT2D eigenvalue weighted by atomic mass is 35.5. The zero-order valence-electron chi connectivity index (χ0n) is 5.90. The van der Waals surface area contributed by atoms with Crippen LogP contribution in [0.15, 0.2) is 0 Å². The summed E-state index contributed by atoms with van der Waals surface area (Å²) in [6.07, 6.45) is 0. The van der Waals surface area contributed by atoms with Crippen LogP contribution in [-0.2, 0) is 4.79 Å². The lowest BCUT2D eigenvalue weighted by Crippen LogP contribution is -2.31. The monoisotopic (exact) mass is 215 g/mol. The normalized spacial score (nSPS) is 35.5. The number of nitrogens with one attached hydrogen (secondary N) is 1. The Hall–Kier alpha value is 0.340. The fourth-order valence-electron chi connectivity index (χ4n) is 1.12. The van der Waals surface area contributed by atoms with Crippen molar-refractivity contribution in [2.24, 2.45) is 5.92 Å². The molecule has 0 saturated carbocycles. The molecule has 1 fully saturated rings. The van der Waals surface area contributed by atoms with Gasteiger partial charge in [-0.25, -0.2) is 0 Å². The predicted octanol–water partition coefficient (Wildman–Crippen LogP) is 1.53. The van der Waals surface area contributed by atoms with E-state index in [1.54, 1.807) is 0 Å². The summed E-state index contributed by atoms with van der Waals surface area (Å²) < 4.78 is -1.35. The molecule has 0 spiro atoms. The van der Waals surface area contributed by atoms with Crippen molar-refractivity contribution in [3.8, 4) is 0 Å². The molecule has 2 atom stereocenters. The van der Waals surface area contributed by atoms with E-state index in [0.29, 0.717) is 0 Å². The summed E-state index contributed by atoms with van der Waals surface area (Å²) in [4.78, 5) is 11.0. The Morgan fingerprint density at radius 3 is 2.36 bits per heavy atom. The fourth-order valence-corrected chi connectivity index (χ4v) is 2.41. The van der Waals surface area contributed by atoms with Crippen LogP contribution in [-0.4, -0.2) is 22.2 Å². The van der Waals surface area contributed by atoms with E-state index in [1.807, 2.05) is 6.92 Å². The number of hydrogen-bond acceptors (Lipinski definition) is 1. The van der Waals surface area contributed by atoms with Gasteiger partial charge in [0.2, 0.25) is 4.33 Å². The molecule has 1 saturated heterocycles. The van der Waals surface area contributed by atoms with Gasteiger partial charge in [0.05, 0.1) is 0 Å². The van der Waals surface area contributed by atoms with E-state index in [0.717, 1.165) is 0 Å². The van der Waals surface area contributed by atoms with Crippen LogP contribution in [0.1, 0.15) is 6.92 Å². The summed E-state index contributed by atoms with van der Waals surface area (Å²) in [5, 5.41) is 2.62. The van der Waals surface area contributed by atoms with E-state index in [4.69, 9.17) is 34.8 Å². The molecule has 1 amide bonds. The van der Waals surface area contributed by atoms with Crippen LogP contribution >= 0.6 is 34.8 Å². The largest absolute Gasteiger partial charge is 0.351 e. The minimum absolute atomic E-state index is 0.0463. The lowest BCUT2D eigenvalue weighted by Gasteiger charge is -2.18. The zero-order chi connectivity index (χ0) is 8.65. The van der Waals surface area contributed by atoms with Gasteiger partial charge in [0.25, 0.3) is 5.91 Å². The van der Waals surface area contributed by atoms with Crippen LogP contribution in [0.2, 0.25) is 0 Å². The maximum absolute atomic E-state index is 11.0. The average molecular weight is 216 g/mol. The molecule has 0 radical (unpaired) electrons. The van der Waals surface area contributed by atoms with Gasteiger partial charge in [-0.3, -0.25) is 4.79 Å². The number of hydrogen-bond donors (Lipinski definition) is 1. The molecule has 5 heteroatoms. The number of halogens is 3. The van der Waals surface area contributed by atoms with Crippen LogP contribution in [0.5, 0.6) is 0 Å². The first-order chi connectivity index (χ1) is 5.00. The van der Waals surface area contributed by atoms with Crippen LogP contribution in [0.3, 0.4) is 0 Å². The molecule has 0 aliphatic carbocycles. The molecule has 0 aromatic carbocycles. The third kappa shape index (κ3) is 1.44. The van der Waals surface area contributed by atoms with Crippen molar-refractivity contribution >= 4 is 40.7 Å². The summed E-state index contributed by atoms with van der Waals surface area (Å²) in [5.41, 5.74) is 0. The zero-order valence-corrected chi connectivity index (χ0v) is 8.17. The van der Waals surface area contributed by atoms with Gasteiger partial charge in [-0.05, 0) is 6.92 Å². The number of amides is 1. The smallest absolute Gasteiger partial charge is 0.257 e. The lowest BCUT2D eigenvalue weighted by atomic mass is 10.0. The summed E-state index contributed by atoms with van der Waals surface area (Å²) in [6.45, 7) is 1.83. The molecule has 0 aromatic rings. The molecule has 0 bridgehead atoms. The van der Waals surface area contributed by atoms with E-state index in [9.17, 15) is 4.79 Å². The van der Waals surface area contributed by atoms with Crippen molar-refractivity contribution in [1.82, 2.24) is 5.32 Å². The fraction of sp³-hybridized carbons (Fsp3) is 0.833. The molecule has 0 unspecified atom stereocenters. The molecular weight excluding hydrogens is 208 g/mol. The van der Waals surface area contributed by atoms with Crippen LogP contribution in [0, 0.1) is 5.92 Å². The van der Waals surface area contributed by atoms with Gasteiger partial charge in [-0.15, -0.1) is 11.6 Å². The topological polar surface area (TPSA) is 29.1 Å². The Kier molecular flexibility index (Phi) is 2.57. The predicted molar refractivity (Wildman–Crippen MR) is 46.3 cm³/mol. The second kappa shape index (κ2) is 3.00. The van der Waals surface area contributed by atoms with E-state index in [2.05, 4.69) is 5.32 Å². The van der Waals surface area contributed by atoms with Crippen molar-refractivity contribution < 1.29 is 4.79 Å². The molecule has 1 N–H and O–H groups in total. The van der Waals surface area contributed by atoms with Gasteiger partial charge in [0, 0.05) is 17.8 Å². The van der Waals surface area contributed by atoms with Gasteiger partial charge >= 0.3 is 0 Å². The average Bonchev–Trinajstić information content (AvgIpc) is 2.04. The Morgan fingerprint density at radius 2 is 2.18 bits per heavy atom. The van der Waals surface area contributed by atoms with E-state index in [1.165, 1.54) is 0 Å². The van der Waals surface area contributed by atoms with Gasteiger partial charge in [0.15, 0.2) is 0 Å². The molecular formula is C6H8Cl3NO. The van der Waals surface area contributed by atoms with Gasteiger partial charge in [-0.1, -0.05) is 23.2 Å². The Balaban J connectivity index is 2.84. The van der Waals surface area contributed by atoms with Gasteiger partial charge in [-0.2, -0.15) is 0 Å². The molecule has 11 heavy (non-hydrogen) atoms. The third-order valence-electron chi connectivity index (χ3n) is 1.90. The molecule has 0 aromatic heterocycles. The van der Waals surface area contributed by atoms with Crippen LogP contribution < -0.4 is 5.32 Å². The molecule has 2 nitrogen and oxygen atoms in total. The van der Waals surface area contributed by atoms with Crippen molar-refractivity contribution in [2.45, 2.75) is 17.3 Å². The third-order valence-corrected chi connectivity index (χ3v) is 3.13. The number of carbonyl (C=O) groups is 1. The first-order valence-electron chi connectivity index (χ1n) is 3.25. The molecule has 1 heterocycles.